The lowest BCUT2D eigenvalue weighted by atomic mass is 9.69. The standard InChI is InChI=1S/C18H24O5/c1-11(4-7-14-17(2,3)23-14)8-15-18(10-16(21)22-15)9-12(19)5-6-13(18)20/h5-6,8,12,14-15,19H,4,7,9-10H2,1-3H3/b11-8+/t12-,14-,15-,18+/m1/s1. The van der Waals surface area contributed by atoms with Gasteiger partial charge in [-0.05, 0) is 52.2 Å². The van der Waals surface area contributed by atoms with Crippen LogP contribution in [-0.4, -0.2) is 40.8 Å². The molecule has 3 rings (SSSR count). The molecule has 0 radical (unpaired) electrons. The quantitative estimate of drug-likeness (QED) is 0.487. The van der Waals surface area contributed by atoms with E-state index in [9.17, 15) is 14.7 Å². The van der Waals surface area contributed by atoms with Gasteiger partial charge in [0.05, 0.1) is 29.6 Å². The first-order valence-electron chi connectivity index (χ1n) is 8.18. The van der Waals surface area contributed by atoms with Crippen LogP contribution < -0.4 is 0 Å². The van der Waals surface area contributed by atoms with Crippen LogP contribution in [0.4, 0.5) is 0 Å². The number of ether oxygens (including phenoxy) is 2. The van der Waals surface area contributed by atoms with Crippen molar-refractivity contribution in [2.24, 2.45) is 5.41 Å². The molecule has 0 aromatic carbocycles. The zero-order chi connectivity index (χ0) is 16.8. The predicted octanol–water partition coefficient (Wildman–Crippen LogP) is 2.08. The van der Waals surface area contributed by atoms with E-state index >= 15 is 0 Å². The summed E-state index contributed by atoms with van der Waals surface area (Å²) in [5.41, 5.74) is 0.101. The second-order valence-corrected chi connectivity index (χ2v) is 7.50. The molecule has 5 heteroatoms. The molecule has 0 saturated carbocycles. The van der Waals surface area contributed by atoms with Crippen LogP contribution in [0.5, 0.6) is 0 Å². The number of hydrogen-bond donors (Lipinski definition) is 1. The zero-order valence-electron chi connectivity index (χ0n) is 13.9. The number of rotatable bonds is 4. The first-order valence-corrected chi connectivity index (χ1v) is 8.18. The average Bonchev–Trinajstić information content (AvgIpc) is 2.95. The minimum Gasteiger partial charge on any atom is -0.457 e. The molecule has 2 fully saturated rings. The molecular formula is C18H24O5. The molecule has 0 amide bonds. The van der Waals surface area contributed by atoms with Gasteiger partial charge in [-0.2, -0.15) is 0 Å². The van der Waals surface area contributed by atoms with Gasteiger partial charge >= 0.3 is 5.97 Å². The zero-order valence-corrected chi connectivity index (χ0v) is 13.9. The number of ketones is 1. The summed E-state index contributed by atoms with van der Waals surface area (Å²) < 4.78 is 11.0. The summed E-state index contributed by atoms with van der Waals surface area (Å²) in [7, 11) is 0. The van der Waals surface area contributed by atoms with E-state index < -0.39 is 17.6 Å². The monoisotopic (exact) mass is 320 g/mol. The minimum atomic E-state index is -0.943. The van der Waals surface area contributed by atoms with Crippen LogP contribution in [0.3, 0.4) is 0 Å². The van der Waals surface area contributed by atoms with Crippen LogP contribution in [0.25, 0.3) is 0 Å². The molecule has 0 bridgehead atoms. The highest BCUT2D eigenvalue weighted by atomic mass is 16.6. The number of esters is 1. The first kappa shape index (κ1) is 16.4. The van der Waals surface area contributed by atoms with Crippen LogP contribution >= 0.6 is 0 Å². The Balaban J connectivity index is 1.72. The summed E-state index contributed by atoms with van der Waals surface area (Å²) in [6, 6.07) is 0. The Labute approximate surface area is 136 Å². The summed E-state index contributed by atoms with van der Waals surface area (Å²) in [5, 5.41) is 9.89. The number of cyclic esters (lactones) is 1. The normalized spacial score (nSPS) is 39.0. The lowest BCUT2D eigenvalue weighted by Gasteiger charge is -2.32. The SMILES string of the molecule is C/C(=C\[C@H]1OC(=O)C[C@]12C[C@H](O)C=CC2=O)CC[C@H]1OC1(C)C. The first-order chi connectivity index (χ1) is 10.7. The van der Waals surface area contributed by atoms with Gasteiger partial charge in [-0.25, -0.2) is 0 Å². The van der Waals surface area contributed by atoms with Gasteiger partial charge in [0.1, 0.15) is 6.10 Å². The molecule has 23 heavy (non-hydrogen) atoms. The second kappa shape index (κ2) is 5.56. The van der Waals surface area contributed by atoms with Crippen molar-refractivity contribution >= 4 is 11.8 Å². The van der Waals surface area contributed by atoms with Gasteiger partial charge in [0.15, 0.2) is 5.78 Å². The van der Waals surface area contributed by atoms with Crippen molar-refractivity contribution in [1.82, 2.24) is 0 Å². The molecule has 4 atom stereocenters. The van der Waals surface area contributed by atoms with E-state index in [1.807, 2.05) is 13.0 Å². The van der Waals surface area contributed by atoms with Crippen LogP contribution in [0, 0.1) is 5.41 Å². The van der Waals surface area contributed by atoms with E-state index in [1.165, 1.54) is 12.2 Å². The molecule has 126 valence electrons. The van der Waals surface area contributed by atoms with Crippen molar-refractivity contribution in [2.75, 3.05) is 0 Å². The Bertz CT molecular complexity index is 588. The average molecular weight is 320 g/mol. The van der Waals surface area contributed by atoms with Crippen LogP contribution in [-0.2, 0) is 19.1 Å². The summed E-state index contributed by atoms with van der Waals surface area (Å²) in [6.45, 7) is 6.12. The Morgan fingerprint density at radius 1 is 1.43 bits per heavy atom. The number of carbonyl (C=O) groups excluding carboxylic acids is 2. The van der Waals surface area contributed by atoms with E-state index in [2.05, 4.69) is 13.8 Å². The van der Waals surface area contributed by atoms with Gasteiger partial charge in [-0.1, -0.05) is 11.6 Å². The third kappa shape index (κ3) is 3.12. The van der Waals surface area contributed by atoms with E-state index in [0.29, 0.717) is 0 Å². The molecule has 2 heterocycles. The van der Waals surface area contributed by atoms with Crippen molar-refractivity contribution in [3.05, 3.63) is 23.8 Å². The molecular weight excluding hydrogens is 296 g/mol. The highest BCUT2D eigenvalue weighted by Gasteiger charge is 2.54. The Kier molecular flexibility index (Phi) is 3.97. The van der Waals surface area contributed by atoms with Crippen molar-refractivity contribution in [2.45, 2.75) is 70.4 Å². The van der Waals surface area contributed by atoms with E-state index in [-0.39, 0.29) is 36.3 Å². The molecule has 2 aliphatic heterocycles. The third-order valence-electron chi connectivity index (χ3n) is 5.20. The lowest BCUT2D eigenvalue weighted by Crippen LogP contribution is -2.42. The van der Waals surface area contributed by atoms with Crippen molar-refractivity contribution in [3.63, 3.8) is 0 Å². The maximum atomic E-state index is 12.4. The fourth-order valence-corrected chi connectivity index (χ4v) is 3.61. The topological polar surface area (TPSA) is 76.1 Å². The fourth-order valence-electron chi connectivity index (χ4n) is 3.61. The van der Waals surface area contributed by atoms with E-state index in [0.717, 1.165) is 18.4 Å². The number of carbonyl (C=O) groups is 2. The summed E-state index contributed by atoms with van der Waals surface area (Å²) in [6.07, 6.45) is 5.75. The molecule has 2 saturated heterocycles. The molecule has 1 spiro atoms. The molecule has 3 aliphatic rings. The molecule has 1 N–H and O–H groups in total. The van der Waals surface area contributed by atoms with Crippen molar-refractivity contribution < 1.29 is 24.2 Å². The minimum absolute atomic E-state index is 0.0322. The predicted molar refractivity (Wildman–Crippen MR) is 83.6 cm³/mol. The Morgan fingerprint density at radius 3 is 2.78 bits per heavy atom. The number of aliphatic hydroxyl groups excluding tert-OH is 1. The van der Waals surface area contributed by atoms with Crippen LogP contribution in [0.1, 0.15) is 46.5 Å². The third-order valence-corrected chi connectivity index (χ3v) is 5.20. The number of aliphatic hydroxyl groups is 1. The summed E-state index contributed by atoms with van der Waals surface area (Å²) >= 11 is 0. The van der Waals surface area contributed by atoms with Gasteiger partial charge in [-0.15, -0.1) is 0 Å². The highest BCUT2D eigenvalue weighted by molar-refractivity contribution is 6.00. The molecule has 1 aliphatic carbocycles. The van der Waals surface area contributed by atoms with Gasteiger partial charge in [0.25, 0.3) is 0 Å². The van der Waals surface area contributed by atoms with E-state index in [1.54, 1.807) is 0 Å². The van der Waals surface area contributed by atoms with Gasteiger partial charge in [0.2, 0.25) is 0 Å². The highest BCUT2D eigenvalue weighted by Crippen LogP contribution is 2.45. The summed E-state index contributed by atoms with van der Waals surface area (Å²) in [4.78, 5) is 24.2. The van der Waals surface area contributed by atoms with Crippen LogP contribution in [0.15, 0.2) is 23.8 Å². The molecule has 0 aromatic rings. The smallest absolute Gasteiger partial charge is 0.307 e. The van der Waals surface area contributed by atoms with E-state index in [4.69, 9.17) is 9.47 Å². The largest absolute Gasteiger partial charge is 0.457 e. The summed E-state index contributed by atoms with van der Waals surface area (Å²) in [5.74, 6) is -0.504. The van der Waals surface area contributed by atoms with Crippen molar-refractivity contribution in [3.8, 4) is 0 Å². The second-order valence-electron chi connectivity index (χ2n) is 7.50. The number of allylic oxidation sites excluding steroid dienone is 2. The maximum Gasteiger partial charge on any atom is 0.307 e. The van der Waals surface area contributed by atoms with Crippen LogP contribution in [0.2, 0.25) is 0 Å². The lowest BCUT2D eigenvalue weighted by molar-refractivity contribution is -0.140. The Hall–Kier alpha value is -1.46. The van der Waals surface area contributed by atoms with Gasteiger partial charge < -0.3 is 14.6 Å². The maximum absolute atomic E-state index is 12.4. The molecule has 5 nitrogen and oxygen atoms in total. The number of hydrogen-bond acceptors (Lipinski definition) is 5. The Morgan fingerprint density at radius 2 is 2.13 bits per heavy atom. The molecule has 0 unspecified atom stereocenters. The van der Waals surface area contributed by atoms with Crippen molar-refractivity contribution in [1.29, 1.82) is 0 Å². The van der Waals surface area contributed by atoms with Gasteiger partial charge in [-0.3, -0.25) is 9.59 Å². The number of epoxide rings is 1. The molecule has 0 aromatic heterocycles. The van der Waals surface area contributed by atoms with Gasteiger partial charge in [0, 0.05) is 0 Å². The fraction of sp³-hybridized carbons (Fsp3) is 0.667.